The highest BCUT2D eigenvalue weighted by Gasteiger charge is 2.47. The summed E-state index contributed by atoms with van der Waals surface area (Å²) >= 11 is 0. The number of carbonyl (C=O) groups is 3. The second kappa shape index (κ2) is 14.4. The van der Waals surface area contributed by atoms with Crippen LogP contribution in [0, 0.1) is 0 Å². The minimum atomic E-state index is -4.58. The number of nitrogens with one attached hydrogen (secondary N) is 3. The van der Waals surface area contributed by atoms with Gasteiger partial charge in [0, 0.05) is 18.0 Å². The Labute approximate surface area is 278 Å². The van der Waals surface area contributed by atoms with Crippen LogP contribution in [-0.2, 0) is 30.8 Å². The molecule has 15 heteroatoms. The number of benzene rings is 1. The first kappa shape index (κ1) is 35.6. The molecule has 3 amide bonds. The van der Waals surface area contributed by atoms with E-state index in [1.807, 2.05) is 24.3 Å². The fourth-order valence-electron chi connectivity index (χ4n) is 6.28. The molecular formula is C33H42F3N5O6S. The molecule has 2 fully saturated rings. The molecule has 0 radical (unpaired) electrons. The number of aryl methyl sites for hydroxylation is 1. The van der Waals surface area contributed by atoms with Gasteiger partial charge < -0.3 is 15.0 Å². The zero-order chi connectivity index (χ0) is 34.7. The van der Waals surface area contributed by atoms with Gasteiger partial charge in [0.2, 0.25) is 27.7 Å². The predicted octanol–water partition coefficient (Wildman–Crippen LogP) is 3.67. The third-order valence-electron chi connectivity index (χ3n) is 9.21. The maximum atomic E-state index is 13.9. The van der Waals surface area contributed by atoms with E-state index in [9.17, 15) is 36.0 Å². The van der Waals surface area contributed by atoms with Crippen LogP contribution in [0.4, 0.5) is 13.2 Å². The highest BCUT2D eigenvalue weighted by atomic mass is 32.2. The zero-order valence-electron chi connectivity index (χ0n) is 26.9. The van der Waals surface area contributed by atoms with Crippen molar-refractivity contribution in [3.05, 3.63) is 48.7 Å². The maximum absolute atomic E-state index is 13.9. The Balaban J connectivity index is 1.43. The fourth-order valence-corrected chi connectivity index (χ4v) is 7.68. The SMILES string of the molecule is C=CC[C@@](C)(NC(=O)[C@@H]1C[C@@H]2CN1C(=O)CNC(C(F)(F)F)CCCCCCc1ccc3ccnc(c3c1)O2)C(=O)NS(=O)(=O)C1CC1. The molecular weight excluding hydrogens is 651 g/mol. The lowest BCUT2D eigenvalue weighted by Crippen LogP contribution is -2.61. The molecule has 3 heterocycles. The summed E-state index contributed by atoms with van der Waals surface area (Å²) in [5.41, 5.74) is -0.728. The van der Waals surface area contributed by atoms with E-state index in [2.05, 4.69) is 26.9 Å². The van der Waals surface area contributed by atoms with E-state index in [0.29, 0.717) is 31.6 Å². The summed E-state index contributed by atoms with van der Waals surface area (Å²) in [7, 11) is -3.94. The molecule has 2 aliphatic heterocycles. The molecule has 5 rings (SSSR count). The van der Waals surface area contributed by atoms with Crippen molar-refractivity contribution in [1.82, 2.24) is 25.2 Å². The molecule has 1 unspecified atom stereocenters. The lowest BCUT2D eigenvalue weighted by molar-refractivity contribution is -0.159. The Kier molecular flexibility index (Phi) is 10.7. The van der Waals surface area contributed by atoms with Crippen molar-refractivity contribution in [2.75, 3.05) is 13.1 Å². The van der Waals surface area contributed by atoms with Crippen LogP contribution in [0.5, 0.6) is 5.88 Å². The van der Waals surface area contributed by atoms with Crippen LogP contribution in [0.25, 0.3) is 10.8 Å². The number of alkyl halides is 3. The molecule has 11 nitrogen and oxygen atoms in total. The number of pyridine rings is 1. The van der Waals surface area contributed by atoms with E-state index < -0.39 is 69.4 Å². The summed E-state index contributed by atoms with van der Waals surface area (Å²) in [4.78, 5) is 46.2. The highest BCUT2D eigenvalue weighted by Crippen LogP contribution is 2.31. The number of carbonyl (C=O) groups excluding carboxylic acids is 3. The quantitative estimate of drug-likeness (QED) is 0.373. The summed E-state index contributed by atoms with van der Waals surface area (Å²) in [6.07, 6.45) is 1.25. The van der Waals surface area contributed by atoms with Gasteiger partial charge in [0.1, 0.15) is 23.7 Å². The van der Waals surface area contributed by atoms with Crippen LogP contribution in [-0.4, -0.2) is 84.3 Å². The summed E-state index contributed by atoms with van der Waals surface area (Å²) in [5, 5.41) is 5.92. The van der Waals surface area contributed by atoms with E-state index >= 15 is 0 Å². The molecule has 1 saturated heterocycles. The van der Waals surface area contributed by atoms with Crippen molar-refractivity contribution in [1.29, 1.82) is 0 Å². The van der Waals surface area contributed by atoms with Crippen molar-refractivity contribution < 1.29 is 40.7 Å². The van der Waals surface area contributed by atoms with E-state index in [0.717, 1.165) is 40.5 Å². The molecule has 1 aromatic heterocycles. The van der Waals surface area contributed by atoms with Gasteiger partial charge in [0.05, 0.1) is 18.3 Å². The van der Waals surface area contributed by atoms with Gasteiger partial charge in [-0.3, -0.25) is 24.4 Å². The Morgan fingerprint density at radius 2 is 1.90 bits per heavy atom. The molecule has 3 N–H and O–H groups in total. The summed E-state index contributed by atoms with van der Waals surface area (Å²) < 4.78 is 75.1. The molecule has 3 aliphatic rings. The van der Waals surface area contributed by atoms with Crippen molar-refractivity contribution in [3.8, 4) is 5.88 Å². The average Bonchev–Trinajstić information content (AvgIpc) is 3.80. The van der Waals surface area contributed by atoms with Gasteiger partial charge in [0.15, 0.2) is 0 Å². The van der Waals surface area contributed by atoms with Crippen LogP contribution < -0.4 is 20.1 Å². The number of fused-ring (bicyclic) bond motifs is 3. The average molecular weight is 694 g/mol. The summed E-state index contributed by atoms with van der Waals surface area (Å²) in [6, 6.07) is 4.62. The third kappa shape index (κ3) is 8.46. The normalized spacial score (nSPS) is 24.2. The van der Waals surface area contributed by atoms with Gasteiger partial charge in [-0.05, 0) is 68.5 Å². The van der Waals surface area contributed by atoms with Gasteiger partial charge in [0.25, 0.3) is 5.91 Å². The van der Waals surface area contributed by atoms with Crippen LogP contribution in [0.3, 0.4) is 0 Å². The van der Waals surface area contributed by atoms with Crippen molar-refractivity contribution >= 4 is 38.5 Å². The number of halogens is 3. The summed E-state index contributed by atoms with van der Waals surface area (Å²) in [6.45, 7) is 4.16. The zero-order valence-corrected chi connectivity index (χ0v) is 27.7. The second-order valence-electron chi connectivity index (χ2n) is 13.1. The third-order valence-corrected chi connectivity index (χ3v) is 11.0. The number of ether oxygens (including phenoxy) is 1. The number of sulfonamides is 1. The number of aromatic nitrogens is 1. The first-order valence-electron chi connectivity index (χ1n) is 16.3. The maximum Gasteiger partial charge on any atom is 0.403 e. The van der Waals surface area contributed by atoms with Crippen molar-refractivity contribution in [3.63, 3.8) is 0 Å². The molecule has 2 aromatic rings. The minimum Gasteiger partial charge on any atom is -0.472 e. The van der Waals surface area contributed by atoms with Crippen molar-refractivity contribution in [2.45, 2.75) is 106 Å². The molecule has 4 atom stereocenters. The molecule has 262 valence electrons. The monoisotopic (exact) mass is 693 g/mol. The topological polar surface area (TPSA) is 147 Å². The van der Waals surface area contributed by atoms with Crippen LogP contribution in [0.1, 0.15) is 70.3 Å². The van der Waals surface area contributed by atoms with Gasteiger partial charge in [-0.1, -0.05) is 37.5 Å². The lowest BCUT2D eigenvalue weighted by Gasteiger charge is -2.32. The standard InChI is InChI=1S/C33H42F3N5O6S/c1-3-15-32(2,31(44)40-48(45,46)24-12-13-24)39-29(43)26-18-23-20-41(26)28(42)19-38-27(33(34,35)36)9-7-5-4-6-8-21-10-11-22-14-16-37-30(47-23)25(22)17-21/h3,10-11,14,16-17,23-24,26-27,38H,1,4-9,12-13,15,18-20H2,2H3,(H,39,43)(H,40,44)/t23-,26+,27?,32-/m1/s1. The molecule has 1 aliphatic carbocycles. The van der Waals surface area contributed by atoms with Gasteiger partial charge >= 0.3 is 6.18 Å². The van der Waals surface area contributed by atoms with Gasteiger partial charge in [-0.25, -0.2) is 13.4 Å². The number of hydrogen-bond acceptors (Lipinski definition) is 8. The first-order chi connectivity index (χ1) is 22.7. The van der Waals surface area contributed by atoms with E-state index in [1.54, 1.807) is 6.20 Å². The lowest BCUT2D eigenvalue weighted by atomic mass is 9.96. The fraction of sp³-hybridized carbons (Fsp3) is 0.576. The Morgan fingerprint density at radius 3 is 2.60 bits per heavy atom. The van der Waals surface area contributed by atoms with Gasteiger partial charge in [-0.15, -0.1) is 6.58 Å². The van der Waals surface area contributed by atoms with Crippen LogP contribution >= 0.6 is 0 Å². The molecule has 1 saturated carbocycles. The van der Waals surface area contributed by atoms with Crippen LogP contribution in [0.2, 0.25) is 0 Å². The molecule has 1 aromatic carbocycles. The van der Waals surface area contributed by atoms with Crippen molar-refractivity contribution in [2.24, 2.45) is 0 Å². The van der Waals surface area contributed by atoms with E-state index in [4.69, 9.17) is 4.74 Å². The minimum absolute atomic E-state index is 0.0514. The Morgan fingerprint density at radius 1 is 1.15 bits per heavy atom. The highest BCUT2D eigenvalue weighted by molar-refractivity contribution is 7.90. The number of rotatable bonds is 7. The van der Waals surface area contributed by atoms with Crippen LogP contribution in [0.15, 0.2) is 43.1 Å². The van der Waals surface area contributed by atoms with E-state index in [1.165, 1.54) is 13.0 Å². The number of amides is 3. The Bertz CT molecular complexity index is 1650. The second-order valence-corrected chi connectivity index (χ2v) is 15.1. The van der Waals surface area contributed by atoms with Gasteiger partial charge in [-0.2, -0.15) is 13.2 Å². The first-order valence-corrected chi connectivity index (χ1v) is 17.9. The predicted molar refractivity (Wildman–Crippen MR) is 172 cm³/mol. The number of nitrogens with zero attached hydrogens (tertiary/aromatic N) is 2. The van der Waals surface area contributed by atoms with E-state index in [-0.39, 0.29) is 25.8 Å². The number of hydrogen-bond donors (Lipinski definition) is 3. The molecule has 4 bridgehead atoms. The molecule has 48 heavy (non-hydrogen) atoms. The Hall–Kier alpha value is -3.72. The molecule has 0 spiro atoms. The summed E-state index contributed by atoms with van der Waals surface area (Å²) in [5.74, 6) is -2.21. The smallest absolute Gasteiger partial charge is 0.403 e. The largest absolute Gasteiger partial charge is 0.472 e.